The molecule has 0 fully saturated rings. The van der Waals surface area contributed by atoms with Crippen molar-refractivity contribution in [1.82, 2.24) is 0 Å². The third kappa shape index (κ3) is 6.07. The molecule has 0 amide bonds. The van der Waals surface area contributed by atoms with Gasteiger partial charge in [0.2, 0.25) is 0 Å². The number of halogens is 2. The van der Waals surface area contributed by atoms with Crippen LogP contribution in [0.25, 0.3) is 0 Å². The molecule has 4 aromatic rings. The summed E-state index contributed by atoms with van der Waals surface area (Å²) in [4.78, 5) is 11.7. The lowest BCUT2D eigenvalue weighted by atomic mass is 10.0. The fourth-order valence-electron chi connectivity index (χ4n) is 3.35. The number of anilines is 2. The normalized spacial score (nSPS) is 10.5. The van der Waals surface area contributed by atoms with Gasteiger partial charge in [-0.1, -0.05) is 65.7 Å². The predicted molar refractivity (Wildman–Crippen MR) is 133 cm³/mol. The molecule has 4 rings (SSSR count). The summed E-state index contributed by atoms with van der Waals surface area (Å²) in [6.07, 6.45) is 0.632. The Bertz CT molecular complexity index is 1260. The Morgan fingerprint density at radius 2 is 1.45 bits per heavy atom. The Kier molecular flexibility index (Phi) is 7.18. The second-order valence-corrected chi connectivity index (χ2v) is 8.20. The van der Waals surface area contributed by atoms with E-state index in [1.165, 1.54) is 6.92 Å². The predicted octanol–water partition coefficient (Wildman–Crippen LogP) is 8.05. The SMILES string of the molecule is CC(=O)Oc1cc(Cc2cccc(Oc3ccccc3)c2)ccc1Nc1c(Cl)cccc1Cl. The standard InChI is InChI=1S/C27H21Cl2NO3/c1-18(31)32-26-17-20(13-14-25(26)30-27-23(28)11-6-12-24(27)29)15-19-7-5-10-22(16-19)33-21-8-3-2-4-9-21/h2-14,16-17,30H,15H2,1H3. The zero-order valence-electron chi connectivity index (χ0n) is 17.8. The highest BCUT2D eigenvalue weighted by Crippen LogP contribution is 2.36. The van der Waals surface area contributed by atoms with Gasteiger partial charge in [0, 0.05) is 6.92 Å². The first-order valence-electron chi connectivity index (χ1n) is 10.3. The van der Waals surface area contributed by atoms with Crippen LogP contribution in [-0.4, -0.2) is 5.97 Å². The Labute approximate surface area is 202 Å². The minimum Gasteiger partial charge on any atom is -0.457 e. The number of benzene rings is 4. The summed E-state index contributed by atoms with van der Waals surface area (Å²) >= 11 is 12.6. The summed E-state index contributed by atoms with van der Waals surface area (Å²) in [5, 5.41) is 4.12. The Hall–Kier alpha value is -3.47. The number of para-hydroxylation sites is 2. The van der Waals surface area contributed by atoms with E-state index < -0.39 is 5.97 Å². The molecular weight excluding hydrogens is 457 g/mol. The van der Waals surface area contributed by atoms with Crippen LogP contribution in [0.3, 0.4) is 0 Å². The third-order valence-electron chi connectivity index (χ3n) is 4.81. The molecule has 0 radical (unpaired) electrons. The van der Waals surface area contributed by atoms with Crippen molar-refractivity contribution in [2.75, 3.05) is 5.32 Å². The van der Waals surface area contributed by atoms with E-state index in [9.17, 15) is 4.79 Å². The summed E-state index contributed by atoms with van der Waals surface area (Å²) in [6.45, 7) is 1.36. The average molecular weight is 478 g/mol. The first kappa shape index (κ1) is 22.7. The van der Waals surface area contributed by atoms with Gasteiger partial charge in [-0.3, -0.25) is 4.79 Å². The number of hydrogen-bond donors (Lipinski definition) is 1. The number of nitrogens with one attached hydrogen (secondary N) is 1. The summed E-state index contributed by atoms with van der Waals surface area (Å²) in [6, 6.07) is 28.4. The van der Waals surface area contributed by atoms with Gasteiger partial charge in [-0.25, -0.2) is 0 Å². The molecule has 0 bridgehead atoms. The van der Waals surface area contributed by atoms with Gasteiger partial charge in [0.25, 0.3) is 0 Å². The second-order valence-electron chi connectivity index (χ2n) is 7.39. The third-order valence-corrected chi connectivity index (χ3v) is 5.44. The van der Waals surface area contributed by atoms with E-state index in [0.29, 0.717) is 33.6 Å². The summed E-state index contributed by atoms with van der Waals surface area (Å²) < 4.78 is 11.4. The lowest BCUT2D eigenvalue weighted by Crippen LogP contribution is -2.05. The first-order chi connectivity index (χ1) is 16.0. The lowest BCUT2D eigenvalue weighted by molar-refractivity contribution is -0.131. The summed E-state index contributed by atoms with van der Waals surface area (Å²) in [5.41, 5.74) is 3.17. The summed E-state index contributed by atoms with van der Waals surface area (Å²) in [5.74, 6) is 1.51. The van der Waals surface area contributed by atoms with E-state index in [2.05, 4.69) is 5.32 Å². The zero-order chi connectivity index (χ0) is 23.2. The highest BCUT2D eigenvalue weighted by molar-refractivity contribution is 6.39. The zero-order valence-corrected chi connectivity index (χ0v) is 19.4. The lowest BCUT2D eigenvalue weighted by Gasteiger charge is -2.15. The van der Waals surface area contributed by atoms with Gasteiger partial charge in [-0.2, -0.15) is 0 Å². The molecular formula is C27H21Cl2NO3. The Morgan fingerprint density at radius 3 is 2.18 bits per heavy atom. The van der Waals surface area contributed by atoms with E-state index in [4.69, 9.17) is 32.7 Å². The van der Waals surface area contributed by atoms with Crippen molar-refractivity contribution in [3.63, 3.8) is 0 Å². The average Bonchev–Trinajstić information content (AvgIpc) is 2.78. The Balaban J connectivity index is 1.57. The van der Waals surface area contributed by atoms with E-state index >= 15 is 0 Å². The molecule has 0 saturated heterocycles. The highest BCUT2D eigenvalue weighted by Gasteiger charge is 2.13. The monoisotopic (exact) mass is 477 g/mol. The van der Waals surface area contributed by atoms with Crippen molar-refractivity contribution in [3.05, 3.63) is 112 Å². The van der Waals surface area contributed by atoms with Gasteiger partial charge in [0.15, 0.2) is 5.75 Å². The number of hydrogen-bond acceptors (Lipinski definition) is 4. The van der Waals surface area contributed by atoms with Gasteiger partial charge in [-0.05, 0) is 66.1 Å². The minimum atomic E-state index is -0.418. The van der Waals surface area contributed by atoms with Gasteiger partial charge in [0.1, 0.15) is 11.5 Å². The molecule has 166 valence electrons. The number of esters is 1. The Morgan fingerprint density at radius 1 is 0.788 bits per heavy atom. The quantitative estimate of drug-likeness (QED) is 0.216. The molecule has 0 aliphatic heterocycles. The fraction of sp³-hybridized carbons (Fsp3) is 0.0741. The minimum absolute atomic E-state index is 0.396. The topological polar surface area (TPSA) is 47.6 Å². The maximum absolute atomic E-state index is 11.7. The molecule has 6 heteroatoms. The molecule has 0 unspecified atom stereocenters. The molecule has 4 nitrogen and oxygen atoms in total. The van der Waals surface area contributed by atoms with Crippen LogP contribution in [0.4, 0.5) is 11.4 Å². The number of ether oxygens (including phenoxy) is 2. The van der Waals surface area contributed by atoms with Crippen molar-refractivity contribution >= 4 is 40.5 Å². The molecule has 0 heterocycles. The van der Waals surface area contributed by atoms with Crippen LogP contribution in [-0.2, 0) is 11.2 Å². The van der Waals surface area contributed by atoms with Crippen molar-refractivity contribution in [3.8, 4) is 17.2 Å². The van der Waals surface area contributed by atoms with Crippen LogP contribution in [0.2, 0.25) is 10.0 Å². The van der Waals surface area contributed by atoms with Crippen LogP contribution in [0, 0.1) is 0 Å². The molecule has 0 atom stereocenters. The molecule has 4 aromatic carbocycles. The van der Waals surface area contributed by atoms with Crippen LogP contribution < -0.4 is 14.8 Å². The van der Waals surface area contributed by atoms with Crippen LogP contribution >= 0.6 is 23.2 Å². The van der Waals surface area contributed by atoms with Crippen molar-refractivity contribution in [2.24, 2.45) is 0 Å². The van der Waals surface area contributed by atoms with E-state index in [1.54, 1.807) is 18.2 Å². The molecule has 33 heavy (non-hydrogen) atoms. The van der Waals surface area contributed by atoms with Crippen molar-refractivity contribution in [1.29, 1.82) is 0 Å². The number of carbonyl (C=O) groups is 1. The van der Waals surface area contributed by atoms with E-state index in [1.807, 2.05) is 72.8 Å². The summed E-state index contributed by atoms with van der Waals surface area (Å²) in [7, 11) is 0. The van der Waals surface area contributed by atoms with Crippen LogP contribution in [0.15, 0.2) is 91.0 Å². The molecule has 0 spiro atoms. The van der Waals surface area contributed by atoms with Crippen molar-refractivity contribution < 1.29 is 14.3 Å². The maximum atomic E-state index is 11.7. The molecule has 0 aliphatic rings. The van der Waals surface area contributed by atoms with Crippen LogP contribution in [0.1, 0.15) is 18.1 Å². The van der Waals surface area contributed by atoms with E-state index in [0.717, 1.165) is 22.6 Å². The molecule has 0 aromatic heterocycles. The fourth-order valence-corrected chi connectivity index (χ4v) is 3.84. The molecule has 0 aliphatic carbocycles. The van der Waals surface area contributed by atoms with Gasteiger partial charge >= 0.3 is 5.97 Å². The van der Waals surface area contributed by atoms with E-state index in [-0.39, 0.29) is 0 Å². The number of rotatable bonds is 7. The maximum Gasteiger partial charge on any atom is 0.308 e. The molecule has 0 saturated carbocycles. The van der Waals surface area contributed by atoms with Gasteiger partial charge < -0.3 is 14.8 Å². The largest absolute Gasteiger partial charge is 0.457 e. The second kappa shape index (κ2) is 10.4. The van der Waals surface area contributed by atoms with Crippen molar-refractivity contribution in [2.45, 2.75) is 13.3 Å². The van der Waals surface area contributed by atoms with Gasteiger partial charge in [0.05, 0.1) is 21.4 Å². The first-order valence-corrected chi connectivity index (χ1v) is 11.1. The highest BCUT2D eigenvalue weighted by atomic mass is 35.5. The molecule has 1 N–H and O–H groups in total. The smallest absolute Gasteiger partial charge is 0.308 e. The van der Waals surface area contributed by atoms with Gasteiger partial charge in [-0.15, -0.1) is 0 Å². The van der Waals surface area contributed by atoms with Crippen LogP contribution in [0.5, 0.6) is 17.2 Å². The number of carbonyl (C=O) groups excluding carboxylic acids is 1.